The zero-order valence-electron chi connectivity index (χ0n) is 16.1. The summed E-state index contributed by atoms with van der Waals surface area (Å²) in [7, 11) is 0. The summed E-state index contributed by atoms with van der Waals surface area (Å²) in [4.78, 5) is 15.4. The lowest BCUT2D eigenvalue weighted by molar-refractivity contribution is 0.173. The van der Waals surface area contributed by atoms with Gasteiger partial charge in [0.25, 0.3) is 0 Å². The Bertz CT molecular complexity index is 1130. The summed E-state index contributed by atoms with van der Waals surface area (Å²) < 4.78 is 5.48. The Morgan fingerprint density at radius 3 is 2.86 bits per heavy atom. The van der Waals surface area contributed by atoms with Crippen molar-refractivity contribution in [3.8, 4) is 0 Å². The first kappa shape index (κ1) is 17.1. The molecule has 1 aliphatic heterocycles. The molecule has 142 valence electrons. The summed E-state index contributed by atoms with van der Waals surface area (Å²) in [5, 5.41) is 5.36. The van der Waals surface area contributed by atoms with Crippen LogP contribution in [-0.2, 0) is 19.4 Å². The summed E-state index contributed by atoms with van der Waals surface area (Å²) in [6.07, 6.45) is 1.76. The number of hydrogen-bond donors (Lipinski definition) is 1. The Labute approximate surface area is 163 Å². The molecule has 28 heavy (non-hydrogen) atoms. The molecule has 1 aliphatic rings. The summed E-state index contributed by atoms with van der Waals surface area (Å²) in [5.41, 5.74) is 5.85. The third-order valence-corrected chi connectivity index (χ3v) is 5.49. The number of aromatic nitrogens is 4. The number of para-hydroxylation sites is 1. The monoisotopic (exact) mass is 373 g/mol. The molecule has 4 heterocycles. The molecule has 0 saturated heterocycles. The maximum atomic E-state index is 5.48. The maximum absolute atomic E-state index is 5.48. The molecule has 0 fully saturated rings. The number of aromatic amines is 1. The van der Waals surface area contributed by atoms with Gasteiger partial charge in [0.1, 0.15) is 0 Å². The van der Waals surface area contributed by atoms with E-state index >= 15 is 0 Å². The van der Waals surface area contributed by atoms with E-state index in [0.29, 0.717) is 12.4 Å². The van der Waals surface area contributed by atoms with Crippen LogP contribution >= 0.6 is 0 Å². The van der Waals surface area contributed by atoms with Gasteiger partial charge in [-0.1, -0.05) is 36.3 Å². The normalized spacial score (nSPS) is 17.1. The first-order valence-electron chi connectivity index (χ1n) is 9.81. The first-order chi connectivity index (χ1) is 13.7. The fraction of sp³-hybridized carbons (Fsp3) is 0.318. The van der Waals surface area contributed by atoms with E-state index in [0.717, 1.165) is 36.6 Å². The van der Waals surface area contributed by atoms with Gasteiger partial charge in [0.15, 0.2) is 5.82 Å². The van der Waals surface area contributed by atoms with E-state index in [4.69, 9.17) is 9.51 Å². The van der Waals surface area contributed by atoms with Crippen molar-refractivity contribution in [3.05, 3.63) is 76.8 Å². The molecular formula is C22H23N5O. The molecule has 0 radical (unpaired) electrons. The second-order valence-electron chi connectivity index (χ2n) is 7.35. The van der Waals surface area contributed by atoms with E-state index < -0.39 is 0 Å². The largest absolute Gasteiger partial charge is 0.357 e. The van der Waals surface area contributed by atoms with Gasteiger partial charge >= 0.3 is 0 Å². The first-order valence-corrected chi connectivity index (χ1v) is 9.81. The van der Waals surface area contributed by atoms with E-state index in [-0.39, 0.29) is 6.04 Å². The molecule has 0 bridgehead atoms. The SMILES string of the molecule is CCc1noc(CN2CCc3c([nH]c4ccccc34)C2c2cccc(C)n2)n1. The molecule has 0 saturated carbocycles. The molecule has 0 aliphatic carbocycles. The van der Waals surface area contributed by atoms with Gasteiger partial charge in [-0.2, -0.15) is 4.98 Å². The number of H-pyrrole nitrogens is 1. The van der Waals surface area contributed by atoms with Crippen molar-refractivity contribution in [2.24, 2.45) is 0 Å². The van der Waals surface area contributed by atoms with Gasteiger partial charge in [0, 0.05) is 35.3 Å². The summed E-state index contributed by atoms with van der Waals surface area (Å²) in [6.45, 7) is 5.60. The van der Waals surface area contributed by atoms with Crippen LogP contribution in [0.2, 0.25) is 0 Å². The molecule has 1 aromatic carbocycles. The van der Waals surface area contributed by atoms with E-state index in [2.05, 4.69) is 56.4 Å². The van der Waals surface area contributed by atoms with Gasteiger partial charge in [-0.3, -0.25) is 9.88 Å². The van der Waals surface area contributed by atoms with Gasteiger partial charge in [-0.25, -0.2) is 0 Å². The standard InChI is InChI=1S/C22H23N5O/c1-3-19-25-20(28-26-19)13-27-12-11-16-15-8-4-5-9-17(15)24-21(16)22(27)18-10-6-7-14(2)23-18/h4-10,22,24H,3,11-13H2,1-2H3. The molecule has 1 N–H and O–H groups in total. The highest BCUT2D eigenvalue weighted by atomic mass is 16.5. The Balaban J connectivity index is 1.60. The Morgan fingerprint density at radius 2 is 2.04 bits per heavy atom. The third-order valence-electron chi connectivity index (χ3n) is 5.49. The second-order valence-corrected chi connectivity index (χ2v) is 7.35. The molecular weight excluding hydrogens is 350 g/mol. The number of nitrogens with zero attached hydrogens (tertiary/aromatic N) is 4. The van der Waals surface area contributed by atoms with Crippen LogP contribution in [-0.4, -0.2) is 31.6 Å². The zero-order chi connectivity index (χ0) is 19.1. The molecule has 6 heteroatoms. The van der Waals surface area contributed by atoms with Crippen LogP contribution in [0.4, 0.5) is 0 Å². The molecule has 0 spiro atoms. The number of hydrogen-bond acceptors (Lipinski definition) is 5. The van der Waals surface area contributed by atoms with Gasteiger partial charge in [-0.15, -0.1) is 0 Å². The van der Waals surface area contributed by atoms with Crippen molar-refractivity contribution in [1.29, 1.82) is 0 Å². The highest BCUT2D eigenvalue weighted by Crippen LogP contribution is 2.38. The molecule has 1 atom stereocenters. The Morgan fingerprint density at radius 1 is 1.14 bits per heavy atom. The maximum Gasteiger partial charge on any atom is 0.240 e. The van der Waals surface area contributed by atoms with Crippen molar-refractivity contribution in [3.63, 3.8) is 0 Å². The van der Waals surface area contributed by atoms with E-state index in [9.17, 15) is 0 Å². The zero-order valence-corrected chi connectivity index (χ0v) is 16.1. The highest BCUT2D eigenvalue weighted by Gasteiger charge is 2.33. The summed E-state index contributed by atoms with van der Waals surface area (Å²) in [6, 6.07) is 14.8. The number of benzene rings is 1. The average molecular weight is 373 g/mol. The quantitative estimate of drug-likeness (QED) is 0.586. The Hall–Kier alpha value is -2.99. The number of nitrogens with one attached hydrogen (secondary N) is 1. The molecule has 1 unspecified atom stereocenters. The van der Waals surface area contributed by atoms with Crippen LogP contribution in [0.5, 0.6) is 0 Å². The Kier molecular flexibility index (Phi) is 4.20. The molecule has 3 aromatic heterocycles. The molecule has 0 amide bonds. The van der Waals surface area contributed by atoms with Crippen molar-refractivity contribution in [2.45, 2.75) is 39.3 Å². The smallest absolute Gasteiger partial charge is 0.240 e. The second kappa shape index (κ2) is 6.87. The third kappa shape index (κ3) is 2.90. The molecule has 5 rings (SSSR count). The van der Waals surface area contributed by atoms with Crippen molar-refractivity contribution < 1.29 is 4.52 Å². The predicted octanol–water partition coefficient (Wildman–Crippen LogP) is 3.96. The van der Waals surface area contributed by atoms with Crippen LogP contribution in [0, 0.1) is 6.92 Å². The minimum Gasteiger partial charge on any atom is -0.357 e. The topological polar surface area (TPSA) is 70.8 Å². The molecule has 6 nitrogen and oxygen atoms in total. The van der Waals surface area contributed by atoms with Crippen molar-refractivity contribution in [1.82, 2.24) is 25.0 Å². The lowest BCUT2D eigenvalue weighted by atomic mass is 9.95. The van der Waals surface area contributed by atoms with E-state index in [1.807, 2.05) is 19.9 Å². The van der Waals surface area contributed by atoms with Crippen LogP contribution in [0.25, 0.3) is 10.9 Å². The fourth-order valence-electron chi connectivity index (χ4n) is 4.18. The number of rotatable bonds is 4. The van der Waals surface area contributed by atoms with Gasteiger partial charge in [0.05, 0.1) is 18.3 Å². The molecule has 4 aromatic rings. The lowest BCUT2D eigenvalue weighted by Crippen LogP contribution is -2.36. The minimum atomic E-state index is 0.0352. The highest BCUT2D eigenvalue weighted by molar-refractivity contribution is 5.85. The summed E-state index contributed by atoms with van der Waals surface area (Å²) >= 11 is 0. The predicted molar refractivity (Wildman–Crippen MR) is 107 cm³/mol. The number of fused-ring (bicyclic) bond motifs is 3. The van der Waals surface area contributed by atoms with Crippen LogP contribution in [0.3, 0.4) is 0 Å². The summed E-state index contributed by atoms with van der Waals surface area (Å²) in [5.74, 6) is 1.41. The van der Waals surface area contributed by atoms with Crippen LogP contribution < -0.4 is 0 Å². The van der Waals surface area contributed by atoms with Crippen molar-refractivity contribution >= 4 is 10.9 Å². The average Bonchev–Trinajstić information content (AvgIpc) is 3.31. The van der Waals surface area contributed by atoms with Crippen molar-refractivity contribution in [2.75, 3.05) is 6.54 Å². The van der Waals surface area contributed by atoms with Gasteiger partial charge in [0.2, 0.25) is 5.89 Å². The van der Waals surface area contributed by atoms with E-state index in [1.165, 1.54) is 22.2 Å². The number of aryl methyl sites for hydroxylation is 2. The lowest BCUT2D eigenvalue weighted by Gasteiger charge is -2.34. The van der Waals surface area contributed by atoms with Crippen LogP contribution in [0.1, 0.15) is 47.3 Å². The van der Waals surface area contributed by atoms with Gasteiger partial charge < -0.3 is 9.51 Å². The van der Waals surface area contributed by atoms with Crippen LogP contribution in [0.15, 0.2) is 47.0 Å². The fourth-order valence-corrected chi connectivity index (χ4v) is 4.18. The van der Waals surface area contributed by atoms with E-state index in [1.54, 1.807) is 0 Å². The minimum absolute atomic E-state index is 0.0352. The van der Waals surface area contributed by atoms with Gasteiger partial charge in [-0.05, 0) is 37.1 Å². The number of pyridine rings is 1.